The van der Waals surface area contributed by atoms with E-state index in [4.69, 9.17) is 5.26 Å². The van der Waals surface area contributed by atoms with E-state index < -0.39 is 0 Å². The van der Waals surface area contributed by atoms with Gasteiger partial charge in [-0.1, -0.05) is 13.8 Å². The van der Waals surface area contributed by atoms with Crippen LogP contribution in [0.5, 0.6) is 0 Å². The highest BCUT2D eigenvalue weighted by Gasteiger charge is 2.21. The lowest BCUT2D eigenvalue weighted by atomic mass is 9.93. The summed E-state index contributed by atoms with van der Waals surface area (Å²) in [7, 11) is 0. The lowest BCUT2D eigenvalue weighted by molar-refractivity contribution is 0.359. The summed E-state index contributed by atoms with van der Waals surface area (Å²) in [5.74, 6) is 0.590. The maximum Gasteiger partial charge on any atom is 0.204 e. The molecule has 0 saturated carbocycles. The molecule has 0 spiro atoms. The first kappa shape index (κ1) is 7.86. The van der Waals surface area contributed by atoms with Gasteiger partial charge in [0.2, 0.25) is 5.96 Å². The van der Waals surface area contributed by atoms with Crippen LogP contribution >= 0.6 is 0 Å². The van der Waals surface area contributed by atoms with Crippen molar-refractivity contribution in [1.29, 1.82) is 5.26 Å². The average molecular weight is 152 g/mol. The largest absolute Gasteiger partial charge is 0.355 e. The van der Waals surface area contributed by atoms with Gasteiger partial charge in [-0.3, -0.25) is 10.3 Å². The highest BCUT2D eigenvalue weighted by molar-refractivity contribution is 5.81. The molecule has 0 amide bonds. The summed E-state index contributed by atoms with van der Waals surface area (Å²) in [6.07, 6.45) is 1.82. The number of aliphatic imine (C=N–C) groups is 1. The van der Waals surface area contributed by atoms with Crippen LogP contribution < -0.4 is 10.6 Å². The highest BCUT2D eigenvalue weighted by Crippen LogP contribution is 2.15. The molecule has 0 bridgehead atoms. The van der Waals surface area contributed by atoms with Gasteiger partial charge < -0.3 is 5.32 Å². The molecule has 0 aromatic carbocycles. The van der Waals surface area contributed by atoms with Crippen LogP contribution in [0.3, 0.4) is 0 Å². The summed E-state index contributed by atoms with van der Waals surface area (Å²) in [4.78, 5) is 4.14. The Balaban J connectivity index is 2.52. The summed E-state index contributed by atoms with van der Waals surface area (Å²) >= 11 is 0. The molecule has 1 aliphatic rings. The lowest BCUT2D eigenvalue weighted by Crippen LogP contribution is -2.45. The third-order valence-corrected chi connectivity index (χ3v) is 1.57. The molecule has 4 heteroatoms. The van der Waals surface area contributed by atoms with E-state index in [1.807, 2.05) is 6.19 Å². The van der Waals surface area contributed by atoms with Gasteiger partial charge in [0, 0.05) is 18.5 Å². The number of nitrogens with zero attached hydrogens (tertiary/aromatic N) is 2. The van der Waals surface area contributed by atoms with Crippen molar-refractivity contribution in [2.24, 2.45) is 10.4 Å². The van der Waals surface area contributed by atoms with Crippen LogP contribution in [-0.4, -0.2) is 19.0 Å². The molecule has 0 unspecified atom stereocenters. The van der Waals surface area contributed by atoms with Crippen LogP contribution in [0.15, 0.2) is 4.99 Å². The molecule has 60 valence electrons. The van der Waals surface area contributed by atoms with Gasteiger partial charge in [0.05, 0.1) is 0 Å². The van der Waals surface area contributed by atoms with E-state index in [1.165, 1.54) is 0 Å². The first-order valence-corrected chi connectivity index (χ1v) is 3.57. The Kier molecular flexibility index (Phi) is 1.99. The predicted octanol–water partition coefficient (Wildman–Crippen LogP) is 0.0425. The molecule has 1 aliphatic heterocycles. The van der Waals surface area contributed by atoms with Gasteiger partial charge in [-0.15, -0.1) is 0 Å². The molecule has 0 aromatic rings. The van der Waals surface area contributed by atoms with Crippen molar-refractivity contribution in [2.45, 2.75) is 13.8 Å². The van der Waals surface area contributed by atoms with Gasteiger partial charge in [-0.05, 0) is 0 Å². The zero-order valence-corrected chi connectivity index (χ0v) is 6.81. The predicted molar refractivity (Wildman–Crippen MR) is 42.8 cm³/mol. The van der Waals surface area contributed by atoms with E-state index in [2.05, 4.69) is 29.5 Å². The highest BCUT2D eigenvalue weighted by atomic mass is 15.2. The van der Waals surface area contributed by atoms with Gasteiger partial charge in [0.25, 0.3) is 0 Å². The third kappa shape index (κ3) is 2.11. The zero-order valence-electron chi connectivity index (χ0n) is 6.81. The Bertz CT molecular complexity index is 211. The molecule has 0 saturated heterocycles. The van der Waals surface area contributed by atoms with E-state index in [1.54, 1.807) is 0 Å². The number of hydrogen-bond acceptors (Lipinski definition) is 4. The first-order chi connectivity index (χ1) is 5.14. The van der Waals surface area contributed by atoms with Gasteiger partial charge in [0.1, 0.15) is 0 Å². The Hall–Kier alpha value is -1.24. The fourth-order valence-corrected chi connectivity index (χ4v) is 0.865. The molecule has 1 rings (SSSR count). The smallest absolute Gasteiger partial charge is 0.204 e. The molecule has 2 N–H and O–H groups in total. The number of rotatable bonds is 0. The molecule has 0 aliphatic carbocycles. The van der Waals surface area contributed by atoms with E-state index in [0.29, 0.717) is 5.96 Å². The summed E-state index contributed by atoms with van der Waals surface area (Å²) in [5.41, 5.74) is 0.209. The zero-order chi connectivity index (χ0) is 8.32. The normalized spacial score (nSPS) is 21.0. The summed E-state index contributed by atoms with van der Waals surface area (Å²) in [6.45, 7) is 5.89. The summed E-state index contributed by atoms with van der Waals surface area (Å²) < 4.78 is 0. The van der Waals surface area contributed by atoms with Crippen LogP contribution in [-0.2, 0) is 0 Å². The van der Waals surface area contributed by atoms with Crippen molar-refractivity contribution in [2.75, 3.05) is 13.1 Å². The lowest BCUT2D eigenvalue weighted by Gasteiger charge is -2.28. The topological polar surface area (TPSA) is 60.2 Å². The number of guanidine groups is 1. The van der Waals surface area contributed by atoms with E-state index in [9.17, 15) is 0 Å². The van der Waals surface area contributed by atoms with Crippen molar-refractivity contribution in [3.05, 3.63) is 0 Å². The third-order valence-electron chi connectivity index (χ3n) is 1.57. The van der Waals surface area contributed by atoms with Gasteiger partial charge in [-0.25, -0.2) is 0 Å². The fourth-order valence-electron chi connectivity index (χ4n) is 0.865. The van der Waals surface area contributed by atoms with Crippen molar-refractivity contribution in [3.8, 4) is 6.19 Å². The van der Waals surface area contributed by atoms with Crippen molar-refractivity contribution in [1.82, 2.24) is 10.6 Å². The number of nitriles is 1. The van der Waals surface area contributed by atoms with E-state index in [-0.39, 0.29) is 5.41 Å². The molecule has 4 nitrogen and oxygen atoms in total. The van der Waals surface area contributed by atoms with Crippen LogP contribution in [0.1, 0.15) is 13.8 Å². The first-order valence-electron chi connectivity index (χ1n) is 3.57. The number of nitrogens with one attached hydrogen (secondary N) is 2. The van der Waals surface area contributed by atoms with E-state index in [0.717, 1.165) is 13.1 Å². The Labute approximate surface area is 66.3 Å². The SMILES string of the molecule is CC1(C)CN=C(NC#N)NC1. The van der Waals surface area contributed by atoms with Crippen LogP contribution in [0.4, 0.5) is 0 Å². The molecular weight excluding hydrogens is 140 g/mol. The Morgan fingerprint density at radius 1 is 1.73 bits per heavy atom. The average Bonchev–Trinajstić information content (AvgIpc) is 1.94. The molecule has 0 atom stereocenters. The minimum Gasteiger partial charge on any atom is -0.355 e. The molecule has 0 fully saturated rings. The van der Waals surface area contributed by atoms with Crippen molar-refractivity contribution >= 4 is 5.96 Å². The standard InChI is InChI=1S/C7H12N4/c1-7(2)3-9-6(10-4-7)11-5-8/h3-4H2,1-2H3,(H2,9,10,11). The Morgan fingerprint density at radius 2 is 2.45 bits per heavy atom. The maximum absolute atomic E-state index is 8.27. The van der Waals surface area contributed by atoms with Crippen LogP contribution in [0.2, 0.25) is 0 Å². The van der Waals surface area contributed by atoms with Gasteiger partial charge >= 0.3 is 0 Å². The molecular formula is C7H12N4. The molecule has 0 aromatic heterocycles. The van der Waals surface area contributed by atoms with E-state index >= 15 is 0 Å². The minimum atomic E-state index is 0.209. The summed E-state index contributed by atoms with van der Waals surface area (Å²) in [5, 5.41) is 13.8. The number of hydrogen-bond donors (Lipinski definition) is 2. The quantitative estimate of drug-likeness (QED) is 0.380. The second kappa shape index (κ2) is 2.79. The molecule has 0 radical (unpaired) electrons. The molecule has 11 heavy (non-hydrogen) atoms. The second-order valence-corrected chi connectivity index (χ2v) is 3.42. The monoisotopic (exact) mass is 152 g/mol. The maximum atomic E-state index is 8.27. The summed E-state index contributed by atoms with van der Waals surface area (Å²) in [6, 6.07) is 0. The van der Waals surface area contributed by atoms with Gasteiger partial charge in [0.15, 0.2) is 6.19 Å². The Morgan fingerprint density at radius 3 is 2.91 bits per heavy atom. The second-order valence-electron chi connectivity index (χ2n) is 3.42. The van der Waals surface area contributed by atoms with Crippen LogP contribution in [0.25, 0.3) is 0 Å². The molecule has 1 heterocycles. The van der Waals surface area contributed by atoms with Crippen LogP contribution in [0, 0.1) is 16.9 Å². The minimum absolute atomic E-state index is 0.209. The van der Waals surface area contributed by atoms with Crippen molar-refractivity contribution < 1.29 is 0 Å². The van der Waals surface area contributed by atoms with Crippen molar-refractivity contribution in [3.63, 3.8) is 0 Å². The fraction of sp³-hybridized carbons (Fsp3) is 0.714. The van der Waals surface area contributed by atoms with Gasteiger partial charge in [-0.2, -0.15) is 5.26 Å².